The number of hydrogen-bond donors (Lipinski definition) is 1. The van der Waals surface area contributed by atoms with Crippen LogP contribution in [-0.2, 0) is 16.4 Å². The summed E-state index contributed by atoms with van der Waals surface area (Å²) in [6.45, 7) is 4.68. The minimum absolute atomic E-state index is 0.0300. The van der Waals surface area contributed by atoms with Crippen molar-refractivity contribution in [3.8, 4) is 11.3 Å². The number of hydrogen-bond acceptors (Lipinski definition) is 7. The van der Waals surface area contributed by atoms with E-state index in [-0.39, 0.29) is 17.5 Å². The second kappa shape index (κ2) is 7.46. The van der Waals surface area contributed by atoms with Crippen molar-refractivity contribution in [1.82, 2.24) is 19.9 Å². The largest absolute Gasteiger partial charge is 0.366 e. The van der Waals surface area contributed by atoms with Gasteiger partial charge in [-0.15, -0.1) is 0 Å². The second-order valence-electron chi connectivity index (χ2n) is 8.18. The summed E-state index contributed by atoms with van der Waals surface area (Å²) in [5.41, 5.74) is 7.02. The average Bonchev–Trinajstić information content (AvgIpc) is 2.74. The maximum Gasteiger partial charge on any atom is 0.154 e. The van der Waals surface area contributed by atoms with E-state index in [9.17, 15) is 8.42 Å². The normalized spacial score (nSPS) is 17.2. The highest BCUT2D eigenvalue weighted by atomic mass is 32.2. The molecule has 158 valence electrons. The molecule has 0 spiro atoms. The molecule has 2 aromatic heterocycles. The molecule has 0 radical (unpaired) electrons. The molecule has 0 bridgehead atoms. The third-order valence-electron chi connectivity index (χ3n) is 5.78. The van der Waals surface area contributed by atoms with Crippen LogP contribution in [0, 0.1) is 13.8 Å². The number of nitrogens with zero attached hydrogens (tertiary/aromatic N) is 4. The van der Waals surface area contributed by atoms with E-state index in [4.69, 9.17) is 0 Å². The second-order valence-corrected chi connectivity index (χ2v) is 10.3. The van der Waals surface area contributed by atoms with E-state index in [1.807, 2.05) is 42.4 Å². The lowest BCUT2D eigenvalue weighted by Crippen LogP contribution is -2.51. The number of rotatable bonds is 4. The Hall–Kier alpha value is -3.26. The van der Waals surface area contributed by atoms with Crippen LogP contribution in [0.3, 0.4) is 0 Å². The molecule has 1 aromatic carbocycles. The van der Waals surface area contributed by atoms with E-state index in [1.165, 1.54) is 0 Å². The first-order valence-electron chi connectivity index (χ1n) is 10.2. The monoisotopic (exact) mass is 433 g/mol. The van der Waals surface area contributed by atoms with Gasteiger partial charge < -0.3 is 10.2 Å². The third kappa shape index (κ3) is 3.90. The van der Waals surface area contributed by atoms with Crippen LogP contribution in [0.4, 0.5) is 11.5 Å². The van der Waals surface area contributed by atoms with Crippen molar-refractivity contribution in [3.05, 3.63) is 71.4 Å². The highest BCUT2D eigenvalue weighted by Gasteiger charge is 2.37. The van der Waals surface area contributed by atoms with Crippen LogP contribution < -0.4 is 5.32 Å². The maximum absolute atomic E-state index is 11.5. The van der Waals surface area contributed by atoms with Crippen LogP contribution in [0.1, 0.15) is 22.4 Å². The zero-order valence-electron chi connectivity index (χ0n) is 17.4. The number of fused-ring (bicyclic) bond motifs is 1. The van der Waals surface area contributed by atoms with Crippen molar-refractivity contribution < 1.29 is 8.42 Å². The summed E-state index contributed by atoms with van der Waals surface area (Å²) < 4.78 is 23.0. The predicted molar refractivity (Wildman–Crippen MR) is 121 cm³/mol. The molecule has 7 nitrogen and oxygen atoms in total. The van der Waals surface area contributed by atoms with Gasteiger partial charge in [0.05, 0.1) is 35.5 Å². The predicted octanol–water partition coefficient (Wildman–Crippen LogP) is 3.48. The molecule has 3 aromatic rings. The molecule has 1 N–H and O–H groups in total. The molecule has 1 saturated heterocycles. The van der Waals surface area contributed by atoms with Crippen molar-refractivity contribution in [2.45, 2.75) is 26.4 Å². The number of nitrogens with one attached hydrogen (secondary N) is 1. The maximum atomic E-state index is 11.5. The Balaban J connectivity index is 1.40. The van der Waals surface area contributed by atoms with Gasteiger partial charge in [0, 0.05) is 29.2 Å². The van der Waals surface area contributed by atoms with Crippen molar-refractivity contribution >= 4 is 27.4 Å². The van der Waals surface area contributed by atoms with E-state index < -0.39 is 9.84 Å². The van der Waals surface area contributed by atoms with Gasteiger partial charge in [0.15, 0.2) is 9.84 Å². The first kappa shape index (κ1) is 19.7. The zero-order valence-corrected chi connectivity index (χ0v) is 18.2. The van der Waals surface area contributed by atoms with Crippen LogP contribution >= 0.6 is 0 Å². The third-order valence-corrected chi connectivity index (χ3v) is 7.57. The first-order chi connectivity index (χ1) is 14.9. The number of anilines is 2. The molecule has 0 unspecified atom stereocenters. The molecule has 1 fully saturated rings. The van der Waals surface area contributed by atoms with Gasteiger partial charge in [-0.3, -0.25) is 4.98 Å². The van der Waals surface area contributed by atoms with Crippen LogP contribution in [0.5, 0.6) is 0 Å². The van der Waals surface area contributed by atoms with Gasteiger partial charge in [-0.1, -0.05) is 12.1 Å². The number of benzene rings is 1. The van der Waals surface area contributed by atoms with Gasteiger partial charge in [-0.25, -0.2) is 18.4 Å². The molecule has 8 heteroatoms. The van der Waals surface area contributed by atoms with Crippen LogP contribution in [-0.4, -0.2) is 45.8 Å². The Morgan fingerprint density at radius 1 is 1.06 bits per heavy atom. The van der Waals surface area contributed by atoms with Gasteiger partial charge in [0.25, 0.3) is 0 Å². The van der Waals surface area contributed by atoms with E-state index in [1.54, 1.807) is 6.33 Å². The summed E-state index contributed by atoms with van der Waals surface area (Å²) in [7, 11) is -2.87. The van der Waals surface area contributed by atoms with Crippen molar-refractivity contribution in [2.75, 3.05) is 16.8 Å². The highest BCUT2D eigenvalue weighted by molar-refractivity contribution is 7.92. The molecule has 4 heterocycles. The minimum Gasteiger partial charge on any atom is -0.366 e. The summed E-state index contributed by atoms with van der Waals surface area (Å²) >= 11 is 0. The Morgan fingerprint density at radius 2 is 1.90 bits per heavy atom. The molecule has 2 aliphatic heterocycles. The van der Waals surface area contributed by atoms with Crippen LogP contribution in [0.15, 0.2) is 49.1 Å². The molecule has 2 aliphatic rings. The Morgan fingerprint density at radius 3 is 2.65 bits per heavy atom. The molecule has 0 amide bonds. The molecular formula is C23H23N5O2S. The number of pyridine rings is 1. The van der Waals surface area contributed by atoms with Gasteiger partial charge in [0.1, 0.15) is 12.1 Å². The topological polar surface area (TPSA) is 88.1 Å². The fourth-order valence-electron chi connectivity index (χ4n) is 3.95. The molecule has 0 saturated carbocycles. The molecule has 5 rings (SSSR count). The van der Waals surface area contributed by atoms with Crippen LogP contribution in [0.2, 0.25) is 0 Å². The summed E-state index contributed by atoms with van der Waals surface area (Å²) in [6.07, 6.45) is 7.34. The fraction of sp³-hybridized carbons (Fsp3) is 0.261. The Labute approximate surface area is 181 Å². The SMILES string of the molecule is Cc1ccc(-c2cc(Nc3ncnc4c3C=CN(C3CS(=O)(=O)C3)C4)ccc2C)nc1. The van der Waals surface area contributed by atoms with Crippen molar-refractivity contribution in [2.24, 2.45) is 0 Å². The van der Waals surface area contributed by atoms with E-state index in [0.29, 0.717) is 6.54 Å². The average molecular weight is 434 g/mol. The number of sulfone groups is 1. The zero-order chi connectivity index (χ0) is 21.6. The van der Waals surface area contributed by atoms with E-state index in [2.05, 4.69) is 45.4 Å². The van der Waals surface area contributed by atoms with Crippen molar-refractivity contribution in [1.29, 1.82) is 0 Å². The highest BCUT2D eigenvalue weighted by Crippen LogP contribution is 2.31. The smallest absolute Gasteiger partial charge is 0.154 e. The summed E-state index contributed by atoms with van der Waals surface area (Å²) in [4.78, 5) is 15.5. The summed E-state index contributed by atoms with van der Waals surface area (Å²) in [5, 5.41) is 3.42. The van der Waals surface area contributed by atoms with Crippen LogP contribution in [0.25, 0.3) is 17.3 Å². The summed E-state index contributed by atoms with van der Waals surface area (Å²) in [6, 6.07) is 10.3. The lowest BCUT2D eigenvalue weighted by molar-refractivity contribution is 0.285. The Bertz CT molecular complexity index is 1270. The number of aryl methyl sites for hydroxylation is 2. The molecular weight excluding hydrogens is 410 g/mol. The van der Waals surface area contributed by atoms with Gasteiger partial charge >= 0.3 is 0 Å². The number of aromatic nitrogens is 3. The molecule has 0 aliphatic carbocycles. The standard InChI is InChI=1S/C23H23N5O2S/c1-15-3-6-21(24-10-15)20-9-17(5-4-16(20)2)27-23-19-7-8-28(11-22(19)25-14-26-23)18-12-31(29,30)13-18/h3-10,14,18H,11-13H2,1-2H3,(H,25,26,27). The Kier molecular flexibility index (Phi) is 4.74. The molecule has 0 atom stereocenters. The van der Waals surface area contributed by atoms with Gasteiger partial charge in [-0.2, -0.15) is 0 Å². The first-order valence-corrected chi connectivity index (χ1v) is 12.0. The summed E-state index contributed by atoms with van der Waals surface area (Å²) in [5.74, 6) is 1.15. The van der Waals surface area contributed by atoms with Gasteiger partial charge in [0.2, 0.25) is 0 Å². The fourth-order valence-corrected chi connectivity index (χ4v) is 5.41. The van der Waals surface area contributed by atoms with Crippen molar-refractivity contribution in [3.63, 3.8) is 0 Å². The van der Waals surface area contributed by atoms with Gasteiger partial charge in [-0.05, 0) is 49.2 Å². The minimum atomic E-state index is -2.87. The van der Waals surface area contributed by atoms with E-state index in [0.717, 1.165) is 45.1 Å². The van der Waals surface area contributed by atoms with E-state index >= 15 is 0 Å². The molecule has 31 heavy (non-hydrogen) atoms. The quantitative estimate of drug-likeness (QED) is 0.674. The lowest BCUT2D eigenvalue weighted by Gasteiger charge is -2.38. The lowest BCUT2D eigenvalue weighted by atomic mass is 10.0.